The van der Waals surface area contributed by atoms with E-state index in [2.05, 4.69) is 39.8 Å². The lowest BCUT2D eigenvalue weighted by Gasteiger charge is -2.28. The second-order valence-corrected chi connectivity index (χ2v) is 8.61. The van der Waals surface area contributed by atoms with Crippen LogP contribution in [0.1, 0.15) is 63.4 Å². The van der Waals surface area contributed by atoms with Gasteiger partial charge >= 0.3 is 0 Å². The van der Waals surface area contributed by atoms with Gasteiger partial charge in [-0.2, -0.15) is 0 Å². The molecular weight excluding hydrogens is 322 g/mol. The third-order valence-electron chi connectivity index (χ3n) is 6.39. The second-order valence-electron chi connectivity index (χ2n) is 8.61. The molecule has 0 aliphatic carbocycles. The Morgan fingerprint density at radius 1 is 1.00 bits per heavy atom. The molecule has 4 nitrogen and oxygen atoms in total. The lowest BCUT2D eigenvalue weighted by Crippen LogP contribution is -2.39. The van der Waals surface area contributed by atoms with Crippen LogP contribution in [0.25, 0.3) is 0 Å². The van der Waals surface area contributed by atoms with Gasteiger partial charge in [0.25, 0.3) is 0 Å². The van der Waals surface area contributed by atoms with E-state index in [1.807, 2.05) is 0 Å². The maximum Gasteiger partial charge on any atom is 0.224 e. The van der Waals surface area contributed by atoms with Crippen LogP contribution in [0.2, 0.25) is 0 Å². The van der Waals surface area contributed by atoms with E-state index < -0.39 is 0 Å². The van der Waals surface area contributed by atoms with Crippen LogP contribution in [-0.4, -0.2) is 36.0 Å². The molecule has 1 aromatic carbocycles. The summed E-state index contributed by atoms with van der Waals surface area (Å²) in [7, 11) is 0. The Labute approximate surface area is 157 Å². The summed E-state index contributed by atoms with van der Waals surface area (Å²) in [5, 5.41) is 6.76. The van der Waals surface area contributed by atoms with Gasteiger partial charge in [-0.25, -0.2) is 0 Å². The molecule has 3 aliphatic rings. The molecule has 2 unspecified atom stereocenters. The molecule has 0 saturated carbocycles. The predicted molar refractivity (Wildman–Crippen MR) is 106 cm³/mol. The number of piperidine rings is 1. The van der Waals surface area contributed by atoms with E-state index in [9.17, 15) is 4.79 Å². The Kier molecular flexibility index (Phi) is 5.91. The van der Waals surface area contributed by atoms with Crippen LogP contribution in [0.5, 0.6) is 0 Å². The minimum absolute atomic E-state index is 0.177. The first-order chi connectivity index (χ1) is 12.7. The molecule has 3 heterocycles. The first-order valence-electron chi connectivity index (χ1n) is 10.6. The third kappa shape index (κ3) is 4.86. The fraction of sp³-hybridized carbons (Fsp3) is 0.682. The Balaban J connectivity index is 1.25. The Morgan fingerprint density at radius 3 is 2.31 bits per heavy atom. The van der Waals surface area contributed by atoms with E-state index in [1.54, 1.807) is 0 Å². The molecule has 0 aromatic heterocycles. The average molecular weight is 356 g/mol. The number of anilines is 1. The van der Waals surface area contributed by atoms with E-state index in [0.717, 1.165) is 12.2 Å². The zero-order valence-electron chi connectivity index (χ0n) is 15.9. The van der Waals surface area contributed by atoms with Crippen molar-refractivity contribution in [1.29, 1.82) is 0 Å². The average Bonchev–Trinajstić information content (AvgIpc) is 2.82. The number of amides is 1. The van der Waals surface area contributed by atoms with Crippen LogP contribution in [0, 0.1) is 5.92 Å². The lowest BCUT2D eigenvalue weighted by molar-refractivity contribution is -0.117. The Morgan fingerprint density at radius 2 is 1.65 bits per heavy atom. The Hall–Kier alpha value is -1.39. The summed E-state index contributed by atoms with van der Waals surface area (Å²) >= 11 is 0. The van der Waals surface area contributed by atoms with Crippen molar-refractivity contribution in [3.8, 4) is 0 Å². The maximum absolute atomic E-state index is 12.4. The summed E-state index contributed by atoms with van der Waals surface area (Å²) in [6, 6.07) is 9.79. The molecule has 3 aliphatic heterocycles. The first-order valence-corrected chi connectivity index (χ1v) is 10.6. The number of likely N-dealkylation sites (tertiary alicyclic amines) is 1. The van der Waals surface area contributed by atoms with Gasteiger partial charge in [0.1, 0.15) is 0 Å². The molecule has 26 heavy (non-hydrogen) atoms. The monoisotopic (exact) mass is 355 g/mol. The number of nitrogens with zero attached hydrogens (tertiary/aromatic N) is 1. The predicted octanol–water partition coefficient (Wildman–Crippen LogP) is 3.92. The molecule has 2 N–H and O–H groups in total. The summed E-state index contributed by atoms with van der Waals surface area (Å²) in [5.74, 6) is 0.729. The van der Waals surface area contributed by atoms with Crippen molar-refractivity contribution in [2.75, 3.05) is 18.4 Å². The molecule has 4 rings (SSSR count). The fourth-order valence-electron chi connectivity index (χ4n) is 5.06. The number of hydrogen-bond donors (Lipinski definition) is 2. The molecule has 0 radical (unpaired) electrons. The van der Waals surface area contributed by atoms with Crippen molar-refractivity contribution in [2.24, 2.45) is 5.92 Å². The molecule has 142 valence electrons. The van der Waals surface area contributed by atoms with Crippen molar-refractivity contribution in [2.45, 2.75) is 76.4 Å². The highest BCUT2D eigenvalue weighted by Crippen LogP contribution is 2.32. The number of rotatable bonds is 5. The molecular formula is C22H33N3O. The fourth-order valence-corrected chi connectivity index (χ4v) is 5.06. The van der Waals surface area contributed by atoms with E-state index in [4.69, 9.17) is 0 Å². The van der Waals surface area contributed by atoms with E-state index >= 15 is 0 Å². The number of carbonyl (C=O) groups excluding carboxylic acids is 1. The van der Waals surface area contributed by atoms with E-state index in [-0.39, 0.29) is 5.91 Å². The minimum atomic E-state index is 0.177. The maximum atomic E-state index is 12.4. The third-order valence-corrected chi connectivity index (χ3v) is 6.39. The smallest absolute Gasteiger partial charge is 0.224 e. The van der Waals surface area contributed by atoms with Crippen molar-refractivity contribution < 1.29 is 4.79 Å². The van der Waals surface area contributed by atoms with Gasteiger partial charge in [-0.05, 0) is 75.2 Å². The first kappa shape index (κ1) is 18.0. The van der Waals surface area contributed by atoms with Crippen LogP contribution >= 0.6 is 0 Å². The molecule has 3 fully saturated rings. The summed E-state index contributed by atoms with van der Waals surface area (Å²) in [5.41, 5.74) is 2.28. The number of fused-ring (bicyclic) bond motifs is 2. The van der Waals surface area contributed by atoms with Crippen LogP contribution in [0.15, 0.2) is 24.3 Å². The van der Waals surface area contributed by atoms with Gasteiger partial charge in [0, 0.05) is 30.7 Å². The number of hydrogen-bond acceptors (Lipinski definition) is 3. The molecule has 0 spiro atoms. The van der Waals surface area contributed by atoms with E-state index in [0.29, 0.717) is 24.4 Å². The summed E-state index contributed by atoms with van der Waals surface area (Å²) < 4.78 is 0. The number of carbonyl (C=O) groups is 1. The van der Waals surface area contributed by atoms with Gasteiger partial charge in [-0.3, -0.25) is 9.69 Å². The van der Waals surface area contributed by atoms with Gasteiger partial charge in [-0.15, -0.1) is 0 Å². The molecule has 4 heteroatoms. The zero-order valence-corrected chi connectivity index (χ0v) is 15.9. The highest BCUT2D eigenvalue weighted by atomic mass is 16.1. The second kappa shape index (κ2) is 8.53. The molecule has 1 amide bonds. The number of benzene rings is 1. The standard InChI is InChI=1S/C22H33N3O/c26-22(15-18-13-20-9-10-21(14-18)23-20)24-19-7-5-17(6-8-19)16-25-11-3-1-2-4-12-25/h5-8,18,20-21,23H,1-4,9-16H2,(H,24,26). The molecule has 3 saturated heterocycles. The zero-order chi connectivity index (χ0) is 17.8. The van der Waals surface area contributed by atoms with Crippen molar-refractivity contribution in [1.82, 2.24) is 10.2 Å². The van der Waals surface area contributed by atoms with Gasteiger partial charge < -0.3 is 10.6 Å². The van der Waals surface area contributed by atoms with Gasteiger partial charge in [0.15, 0.2) is 0 Å². The van der Waals surface area contributed by atoms with Crippen LogP contribution in [-0.2, 0) is 11.3 Å². The van der Waals surface area contributed by atoms with Gasteiger partial charge in [0.05, 0.1) is 0 Å². The summed E-state index contributed by atoms with van der Waals surface area (Å²) in [6.07, 6.45) is 11.0. The highest BCUT2D eigenvalue weighted by Gasteiger charge is 2.34. The largest absolute Gasteiger partial charge is 0.326 e. The molecule has 2 atom stereocenters. The summed E-state index contributed by atoms with van der Waals surface area (Å²) in [6.45, 7) is 3.47. The van der Waals surface area contributed by atoms with Crippen LogP contribution < -0.4 is 10.6 Å². The quantitative estimate of drug-likeness (QED) is 0.841. The topological polar surface area (TPSA) is 44.4 Å². The Bertz CT molecular complexity index is 580. The molecule has 1 aromatic rings. The normalized spacial score (nSPS) is 29.3. The highest BCUT2D eigenvalue weighted by molar-refractivity contribution is 5.90. The van der Waals surface area contributed by atoms with E-state index in [1.165, 1.54) is 70.0 Å². The van der Waals surface area contributed by atoms with Gasteiger partial charge in [0.2, 0.25) is 5.91 Å². The SMILES string of the molecule is O=C(CC1CC2CCC(C1)N2)Nc1ccc(CN2CCCCCC2)cc1. The van der Waals surface area contributed by atoms with Crippen molar-refractivity contribution in [3.05, 3.63) is 29.8 Å². The molecule has 2 bridgehead atoms. The van der Waals surface area contributed by atoms with Crippen LogP contribution in [0.4, 0.5) is 5.69 Å². The van der Waals surface area contributed by atoms with Gasteiger partial charge in [-0.1, -0.05) is 25.0 Å². The summed E-state index contributed by atoms with van der Waals surface area (Å²) in [4.78, 5) is 15.0. The van der Waals surface area contributed by atoms with Crippen LogP contribution in [0.3, 0.4) is 0 Å². The lowest BCUT2D eigenvalue weighted by atomic mass is 9.89. The van der Waals surface area contributed by atoms with Crippen molar-refractivity contribution in [3.63, 3.8) is 0 Å². The minimum Gasteiger partial charge on any atom is -0.326 e. The van der Waals surface area contributed by atoms with Crippen molar-refractivity contribution >= 4 is 11.6 Å². The number of nitrogens with one attached hydrogen (secondary N) is 2.